The van der Waals surface area contributed by atoms with Crippen LogP contribution in [0.25, 0.3) is 0 Å². The van der Waals surface area contributed by atoms with Gasteiger partial charge in [-0.15, -0.1) is 11.8 Å². The minimum Gasteiger partial charge on any atom is -0.338 e. The number of benzene rings is 1. The van der Waals surface area contributed by atoms with Crippen molar-refractivity contribution in [1.82, 2.24) is 4.90 Å². The van der Waals surface area contributed by atoms with Gasteiger partial charge in [-0.2, -0.15) is 0 Å². The van der Waals surface area contributed by atoms with E-state index in [1.54, 1.807) is 11.8 Å². The maximum absolute atomic E-state index is 12.7. The Balaban J connectivity index is 2.72. The fraction of sp³-hybridized carbons (Fsp3) is 0.588. The fourth-order valence-corrected chi connectivity index (χ4v) is 3.42. The first-order chi connectivity index (χ1) is 9.34. The van der Waals surface area contributed by atoms with Crippen LogP contribution in [0.2, 0.25) is 0 Å². The zero-order valence-electron chi connectivity index (χ0n) is 13.5. The molecule has 1 amide bonds. The zero-order valence-corrected chi connectivity index (χ0v) is 14.3. The molecule has 0 aliphatic carbocycles. The van der Waals surface area contributed by atoms with Crippen LogP contribution in [0.15, 0.2) is 35.2 Å². The number of hydrogen-bond acceptors (Lipinski definition) is 2. The van der Waals surface area contributed by atoms with Crippen molar-refractivity contribution in [1.29, 1.82) is 0 Å². The van der Waals surface area contributed by atoms with E-state index >= 15 is 0 Å². The van der Waals surface area contributed by atoms with E-state index in [2.05, 4.69) is 46.8 Å². The fourth-order valence-electron chi connectivity index (χ4n) is 2.36. The van der Waals surface area contributed by atoms with Gasteiger partial charge >= 0.3 is 0 Å². The summed E-state index contributed by atoms with van der Waals surface area (Å²) in [4.78, 5) is 15.9. The van der Waals surface area contributed by atoms with E-state index in [9.17, 15) is 4.79 Å². The van der Waals surface area contributed by atoms with Gasteiger partial charge in [0.1, 0.15) is 0 Å². The smallest absolute Gasteiger partial charge is 0.226 e. The SMILES string of the molecule is CC(C)N(C(=O)[C@H](C)[C@@H](C)Sc1ccccc1)C(C)C. The molecule has 3 heteroatoms. The molecule has 2 atom stereocenters. The third-order valence-electron chi connectivity index (χ3n) is 3.53. The molecule has 112 valence electrons. The number of carbonyl (C=O) groups is 1. The molecule has 1 aromatic rings. The van der Waals surface area contributed by atoms with Gasteiger partial charge in [-0.3, -0.25) is 4.79 Å². The Bertz CT molecular complexity index is 408. The van der Waals surface area contributed by atoms with E-state index in [0.29, 0.717) is 0 Å². The summed E-state index contributed by atoms with van der Waals surface area (Å²) in [5.41, 5.74) is 0. The first-order valence-electron chi connectivity index (χ1n) is 7.38. The number of rotatable bonds is 6. The maximum Gasteiger partial charge on any atom is 0.226 e. The summed E-state index contributed by atoms with van der Waals surface area (Å²) in [6.07, 6.45) is 0. The summed E-state index contributed by atoms with van der Waals surface area (Å²) < 4.78 is 0. The second-order valence-corrected chi connectivity index (χ2v) is 7.31. The summed E-state index contributed by atoms with van der Waals surface area (Å²) >= 11 is 1.77. The van der Waals surface area contributed by atoms with Gasteiger partial charge in [0.15, 0.2) is 0 Å². The highest BCUT2D eigenvalue weighted by Gasteiger charge is 2.28. The Labute approximate surface area is 127 Å². The van der Waals surface area contributed by atoms with Crippen LogP contribution in [0, 0.1) is 5.92 Å². The Kier molecular flexibility index (Phi) is 6.60. The summed E-state index contributed by atoms with van der Waals surface area (Å²) in [5, 5.41) is 0.268. The Hall–Kier alpha value is -0.960. The van der Waals surface area contributed by atoms with Gasteiger partial charge in [0.25, 0.3) is 0 Å². The van der Waals surface area contributed by atoms with Gasteiger partial charge in [0, 0.05) is 28.1 Å². The average molecular weight is 293 g/mol. The standard InChI is InChI=1S/C17H27NOS/c1-12(2)18(13(3)4)17(19)14(5)15(6)20-16-10-8-7-9-11-16/h7-15H,1-6H3/t14-,15-/m1/s1. The lowest BCUT2D eigenvalue weighted by atomic mass is 10.0. The predicted molar refractivity (Wildman–Crippen MR) is 88.0 cm³/mol. The molecule has 0 radical (unpaired) electrons. The van der Waals surface area contributed by atoms with Crippen molar-refractivity contribution in [3.8, 4) is 0 Å². The first-order valence-corrected chi connectivity index (χ1v) is 8.26. The molecule has 0 heterocycles. The molecule has 0 N–H and O–H groups in total. The van der Waals surface area contributed by atoms with Gasteiger partial charge in [-0.05, 0) is 39.8 Å². The molecule has 20 heavy (non-hydrogen) atoms. The van der Waals surface area contributed by atoms with Crippen molar-refractivity contribution < 1.29 is 4.79 Å². The van der Waals surface area contributed by atoms with Crippen molar-refractivity contribution in [3.05, 3.63) is 30.3 Å². The Morgan fingerprint density at radius 3 is 1.90 bits per heavy atom. The normalized spacial score (nSPS) is 14.4. The second kappa shape index (κ2) is 7.72. The lowest BCUT2D eigenvalue weighted by Crippen LogP contribution is -2.46. The molecule has 1 rings (SSSR count). The van der Waals surface area contributed by atoms with Gasteiger partial charge in [0.2, 0.25) is 5.91 Å². The lowest BCUT2D eigenvalue weighted by molar-refractivity contribution is -0.138. The van der Waals surface area contributed by atoms with Gasteiger partial charge in [-0.25, -0.2) is 0 Å². The van der Waals surface area contributed by atoms with Crippen molar-refractivity contribution in [2.75, 3.05) is 0 Å². The Morgan fingerprint density at radius 2 is 1.45 bits per heavy atom. The molecule has 0 aliphatic rings. The number of thioether (sulfide) groups is 1. The number of nitrogens with zero attached hydrogens (tertiary/aromatic N) is 1. The van der Waals surface area contributed by atoms with Crippen LogP contribution < -0.4 is 0 Å². The van der Waals surface area contributed by atoms with Crippen LogP contribution >= 0.6 is 11.8 Å². The van der Waals surface area contributed by atoms with E-state index in [4.69, 9.17) is 0 Å². The maximum atomic E-state index is 12.7. The summed E-state index contributed by atoms with van der Waals surface area (Å²) in [6, 6.07) is 10.8. The van der Waals surface area contributed by atoms with Crippen molar-refractivity contribution >= 4 is 17.7 Å². The Morgan fingerprint density at radius 1 is 0.950 bits per heavy atom. The van der Waals surface area contributed by atoms with E-state index in [0.717, 1.165) is 0 Å². The average Bonchev–Trinajstić information content (AvgIpc) is 2.37. The number of amides is 1. The van der Waals surface area contributed by atoms with E-state index in [1.165, 1.54) is 4.90 Å². The van der Waals surface area contributed by atoms with Crippen molar-refractivity contribution in [3.63, 3.8) is 0 Å². The van der Waals surface area contributed by atoms with E-state index in [1.807, 2.05) is 30.0 Å². The molecule has 2 nitrogen and oxygen atoms in total. The lowest BCUT2D eigenvalue weighted by Gasteiger charge is -2.34. The summed E-state index contributed by atoms with van der Waals surface area (Å²) in [7, 11) is 0. The van der Waals surface area contributed by atoms with E-state index in [-0.39, 0.29) is 29.2 Å². The molecule has 0 saturated heterocycles. The molecular formula is C17H27NOS. The molecule has 0 bridgehead atoms. The molecule has 0 fully saturated rings. The summed E-state index contributed by atoms with van der Waals surface area (Å²) in [5.74, 6) is 0.274. The van der Waals surface area contributed by atoms with Crippen molar-refractivity contribution in [2.24, 2.45) is 5.92 Å². The molecule has 0 saturated carbocycles. The third kappa shape index (κ3) is 4.55. The molecule has 0 aliphatic heterocycles. The topological polar surface area (TPSA) is 20.3 Å². The molecule has 0 aromatic heterocycles. The van der Waals surface area contributed by atoms with Crippen LogP contribution in [0.4, 0.5) is 0 Å². The molecule has 0 spiro atoms. The van der Waals surface area contributed by atoms with Crippen LogP contribution in [-0.2, 0) is 4.79 Å². The first kappa shape index (κ1) is 17.1. The van der Waals surface area contributed by atoms with Crippen LogP contribution in [-0.4, -0.2) is 28.1 Å². The van der Waals surface area contributed by atoms with E-state index < -0.39 is 0 Å². The van der Waals surface area contributed by atoms with Crippen LogP contribution in [0.1, 0.15) is 41.5 Å². The largest absolute Gasteiger partial charge is 0.338 e. The highest BCUT2D eigenvalue weighted by molar-refractivity contribution is 8.00. The quantitative estimate of drug-likeness (QED) is 0.722. The third-order valence-corrected chi connectivity index (χ3v) is 4.85. The van der Waals surface area contributed by atoms with Crippen LogP contribution in [0.5, 0.6) is 0 Å². The number of carbonyl (C=O) groups excluding carboxylic acids is 1. The van der Waals surface area contributed by atoms with Crippen LogP contribution in [0.3, 0.4) is 0 Å². The number of hydrogen-bond donors (Lipinski definition) is 0. The highest BCUT2D eigenvalue weighted by atomic mass is 32.2. The second-order valence-electron chi connectivity index (χ2n) is 5.86. The zero-order chi connectivity index (χ0) is 15.3. The van der Waals surface area contributed by atoms with Gasteiger partial charge < -0.3 is 4.90 Å². The molecular weight excluding hydrogens is 266 g/mol. The van der Waals surface area contributed by atoms with Crippen molar-refractivity contribution in [2.45, 2.75) is 63.8 Å². The minimum absolute atomic E-state index is 0.0185. The highest BCUT2D eigenvalue weighted by Crippen LogP contribution is 2.29. The predicted octanol–water partition coefficient (Wildman–Crippen LogP) is 4.45. The monoisotopic (exact) mass is 293 g/mol. The minimum atomic E-state index is 0.0185. The van der Waals surface area contributed by atoms with Gasteiger partial charge in [0.05, 0.1) is 0 Å². The summed E-state index contributed by atoms with van der Waals surface area (Å²) in [6.45, 7) is 12.5. The molecule has 0 unspecified atom stereocenters. The molecule has 1 aromatic carbocycles. The van der Waals surface area contributed by atoms with Gasteiger partial charge in [-0.1, -0.05) is 32.0 Å².